The van der Waals surface area contributed by atoms with Crippen molar-refractivity contribution in [2.75, 3.05) is 5.32 Å². The van der Waals surface area contributed by atoms with Crippen LogP contribution < -0.4 is 5.32 Å². The molecule has 6 heteroatoms. The van der Waals surface area contributed by atoms with Gasteiger partial charge >= 0.3 is 0 Å². The minimum Gasteiger partial charge on any atom is -0.328 e. The summed E-state index contributed by atoms with van der Waals surface area (Å²) in [6, 6.07) is 7.31. The summed E-state index contributed by atoms with van der Waals surface area (Å²) in [5.74, 6) is 1.84. The van der Waals surface area contributed by atoms with E-state index in [1.54, 1.807) is 4.68 Å². The summed E-state index contributed by atoms with van der Waals surface area (Å²) in [4.78, 5) is 17.2. The maximum atomic E-state index is 12.7. The molecule has 0 saturated heterocycles. The Balaban J connectivity index is 1.95. The number of rotatable bonds is 1. The average molecular weight is 329 g/mol. The Morgan fingerprint density at radius 3 is 2.87 bits per heavy atom. The molecule has 1 aliphatic carbocycles. The van der Waals surface area contributed by atoms with E-state index < -0.39 is 0 Å². The van der Waals surface area contributed by atoms with Crippen molar-refractivity contribution in [1.29, 1.82) is 0 Å². The number of aryl methyl sites for hydroxylation is 1. The molecule has 1 aromatic heterocycles. The van der Waals surface area contributed by atoms with E-state index in [2.05, 4.69) is 22.3 Å². The summed E-state index contributed by atoms with van der Waals surface area (Å²) in [6.07, 6.45) is 1.40. The lowest BCUT2D eigenvalue weighted by atomic mass is 9.81. The summed E-state index contributed by atoms with van der Waals surface area (Å²) in [5, 5.41) is 8.43. The van der Waals surface area contributed by atoms with Crippen molar-refractivity contribution in [3.8, 4) is 0 Å². The summed E-state index contributed by atoms with van der Waals surface area (Å²) in [5.41, 5.74) is 2.62. The SMILES string of the molecule is Cc1nc2n(n1)[C@@H](c1ccccc1Cl)C1=C(C[C@@H](C)CC1=O)N2. The highest BCUT2D eigenvalue weighted by Crippen LogP contribution is 2.42. The molecule has 1 N–H and O–H groups in total. The normalized spacial score (nSPS) is 23.3. The van der Waals surface area contributed by atoms with Crippen LogP contribution in [-0.4, -0.2) is 20.5 Å². The van der Waals surface area contributed by atoms with Gasteiger partial charge in [-0.1, -0.05) is 36.7 Å². The topological polar surface area (TPSA) is 59.8 Å². The quantitative estimate of drug-likeness (QED) is 0.870. The van der Waals surface area contributed by atoms with Gasteiger partial charge in [-0.25, -0.2) is 4.68 Å². The van der Waals surface area contributed by atoms with E-state index in [1.807, 2.05) is 31.2 Å². The van der Waals surface area contributed by atoms with Gasteiger partial charge in [-0.15, -0.1) is 0 Å². The number of halogens is 1. The fraction of sp³-hybridized carbons (Fsp3) is 0.353. The van der Waals surface area contributed by atoms with Crippen molar-refractivity contribution in [3.05, 3.63) is 51.9 Å². The third-order valence-corrected chi connectivity index (χ3v) is 4.77. The molecular formula is C17H17ClN4O. The van der Waals surface area contributed by atoms with E-state index in [4.69, 9.17) is 11.6 Å². The van der Waals surface area contributed by atoms with Gasteiger partial charge in [-0.05, 0) is 25.3 Å². The predicted molar refractivity (Wildman–Crippen MR) is 88.4 cm³/mol. The van der Waals surface area contributed by atoms with E-state index in [0.29, 0.717) is 29.1 Å². The Morgan fingerprint density at radius 2 is 2.09 bits per heavy atom. The number of aromatic nitrogens is 3. The first-order chi connectivity index (χ1) is 11.0. The van der Waals surface area contributed by atoms with Crippen molar-refractivity contribution in [2.24, 2.45) is 5.92 Å². The number of carbonyl (C=O) groups excluding carboxylic acids is 1. The van der Waals surface area contributed by atoms with Gasteiger partial charge in [0.05, 0.1) is 0 Å². The van der Waals surface area contributed by atoms with E-state index in [-0.39, 0.29) is 11.8 Å². The Hall–Kier alpha value is -2.14. The fourth-order valence-corrected chi connectivity index (χ4v) is 3.74. The lowest BCUT2D eigenvalue weighted by Gasteiger charge is -2.34. The number of anilines is 1. The molecule has 0 amide bonds. The molecule has 0 fully saturated rings. The van der Waals surface area contributed by atoms with Gasteiger partial charge in [0, 0.05) is 28.3 Å². The molecule has 2 aromatic rings. The van der Waals surface area contributed by atoms with Crippen LogP contribution in [0.1, 0.15) is 37.2 Å². The van der Waals surface area contributed by atoms with Crippen molar-refractivity contribution in [3.63, 3.8) is 0 Å². The van der Waals surface area contributed by atoms with Crippen LogP contribution in [0.3, 0.4) is 0 Å². The Labute approximate surface area is 139 Å². The van der Waals surface area contributed by atoms with E-state index in [9.17, 15) is 4.79 Å². The molecule has 2 aliphatic rings. The number of benzene rings is 1. The first-order valence-corrected chi connectivity index (χ1v) is 8.13. The largest absolute Gasteiger partial charge is 0.328 e. The summed E-state index contributed by atoms with van der Waals surface area (Å²) in [7, 11) is 0. The van der Waals surface area contributed by atoms with Crippen LogP contribution in [0.25, 0.3) is 0 Å². The average Bonchev–Trinajstić information content (AvgIpc) is 2.85. The van der Waals surface area contributed by atoms with Crippen molar-refractivity contribution in [1.82, 2.24) is 14.8 Å². The van der Waals surface area contributed by atoms with Crippen LogP contribution in [-0.2, 0) is 4.79 Å². The second kappa shape index (κ2) is 5.20. The molecule has 0 bridgehead atoms. The number of ketones is 1. The van der Waals surface area contributed by atoms with Crippen LogP contribution >= 0.6 is 11.6 Å². The summed E-state index contributed by atoms with van der Waals surface area (Å²) < 4.78 is 1.78. The highest BCUT2D eigenvalue weighted by atomic mass is 35.5. The molecule has 0 saturated carbocycles. The van der Waals surface area contributed by atoms with Crippen LogP contribution in [0, 0.1) is 12.8 Å². The van der Waals surface area contributed by atoms with Gasteiger partial charge in [-0.2, -0.15) is 10.1 Å². The summed E-state index contributed by atoms with van der Waals surface area (Å²) >= 11 is 6.42. The van der Waals surface area contributed by atoms with Crippen LogP contribution in [0.2, 0.25) is 5.02 Å². The molecule has 0 radical (unpaired) electrons. The highest BCUT2D eigenvalue weighted by molar-refractivity contribution is 6.31. The molecule has 4 rings (SSSR count). The Kier molecular flexibility index (Phi) is 3.27. The second-order valence-electron chi connectivity index (χ2n) is 6.31. The number of fused-ring (bicyclic) bond motifs is 1. The number of carbonyl (C=O) groups is 1. The maximum Gasteiger partial charge on any atom is 0.226 e. The Bertz CT molecular complexity index is 839. The Morgan fingerprint density at radius 1 is 1.30 bits per heavy atom. The molecule has 118 valence electrons. The number of nitrogens with one attached hydrogen (secondary N) is 1. The standard InChI is InChI=1S/C17H17ClN4O/c1-9-7-13-15(14(23)8-9)16(11-5-3-4-6-12(11)18)22-17(20-13)19-10(2)21-22/h3-6,9,16H,7-8H2,1-2H3,(H,19,20,21)/t9-,16+/m1/s1. The molecule has 1 aliphatic heterocycles. The minimum absolute atomic E-state index is 0.162. The molecule has 2 atom stereocenters. The number of hydrogen-bond donors (Lipinski definition) is 1. The number of hydrogen-bond acceptors (Lipinski definition) is 4. The highest BCUT2D eigenvalue weighted by Gasteiger charge is 2.38. The van der Waals surface area contributed by atoms with Gasteiger partial charge < -0.3 is 5.32 Å². The van der Waals surface area contributed by atoms with Crippen molar-refractivity contribution in [2.45, 2.75) is 32.7 Å². The molecule has 0 unspecified atom stereocenters. The van der Waals surface area contributed by atoms with Gasteiger partial charge in [-0.3, -0.25) is 4.79 Å². The van der Waals surface area contributed by atoms with Crippen LogP contribution in [0.15, 0.2) is 35.5 Å². The van der Waals surface area contributed by atoms with Gasteiger partial charge in [0.15, 0.2) is 5.78 Å². The first kappa shape index (κ1) is 14.5. The van der Waals surface area contributed by atoms with Crippen molar-refractivity contribution >= 4 is 23.3 Å². The lowest BCUT2D eigenvalue weighted by molar-refractivity contribution is -0.117. The van der Waals surface area contributed by atoms with Crippen LogP contribution in [0.5, 0.6) is 0 Å². The third kappa shape index (κ3) is 2.27. The second-order valence-corrected chi connectivity index (χ2v) is 6.71. The predicted octanol–water partition coefficient (Wildman–Crippen LogP) is 3.51. The number of Topliss-reactive ketones (excluding diaryl/α,β-unsaturated/α-hetero) is 1. The molecule has 2 heterocycles. The zero-order valence-corrected chi connectivity index (χ0v) is 13.8. The zero-order chi connectivity index (χ0) is 16.1. The van der Waals surface area contributed by atoms with Gasteiger partial charge in [0.1, 0.15) is 11.9 Å². The van der Waals surface area contributed by atoms with Crippen LogP contribution in [0.4, 0.5) is 5.95 Å². The number of allylic oxidation sites excluding steroid dienone is 2. The van der Waals surface area contributed by atoms with E-state index in [1.165, 1.54) is 0 Å². The van der Waals surface area contributed by atoms with Gasteiger partial charge in [0.25, 0.3) is 0 Å². The van der Waals surface area contributed by atoms with E-state index in [0.717, 1.165) is 23.3 Å². The molecule has 5 nitrogen and oxygen atoms in total. The monoisotopic (exact) mass is 328 g/mol. The third-order valence-electron chi connectivity index (χ3n) is 4.43. The molecular weight excluding hydrogens is 312 g/mol. The molecule has 23 heavy (non-hydrogen) atoms. The van der Waals surface area contributed by atoms with Gasteiger partial charge in [0.2, 0.25) is 5.95 Å². The van der Waals surface area contributed by atoms with E-state index >= 15 is 0 Å². The molecule has 0 spiro atoms. The van der Waals surface area contributed by atoms with Crippen molar-refractivity contribution < 1.29 is 4.79 Å². The minimum atomic E-state index is -0.309. The maximum absolute atomic E-state index is 12.7. The molecule has 1 aromatic carbocycles. The zero-order valence-electron chi connectivity index (χ0n) is 13.0. The first-order valence-electron chi connectivity index (χ1n) is 7.75. The number of nitrogens with zero attached hydrogens (tertiary/aromatic N) is 3. The lowest BCUT2D eigenvalue weighted by Crippen LogP contribution is -2.33. The fourth-order valence-electron chi connectivity index (χ4n) is 3.50. The smallest absolute Gasteiger partial charge is 0.226 e. The summed E-state index contributed by atoms with van der Waals surface area (Å²) in [6.45, 7) is 3.94.